The summed E-state index contributed by atoms with van der Waals surface area (Å²) >= 11 is 0. The topological polar surface area (TPSA) is 84.3 Å². The zero-order valence-electron chi connectivity index (χ0n) is 19.2. The highest BCUT2D eigenvalue weighted by Gasteiger charge is 2.38. The van der Waals surface area contributed by atoms with E-state index in [4.69, 9.17) is 0 Å². The fourth-order valence-electron chi connectivity index (χ4n) is 5.07. The number of rotatable bonds is 5. The van der Waals surface area contributed by atoms with E-state index in [1.165, 1.54) is 11.1 Å². The molecule has 0 bridgehead atoms. The van der Waals surface area contributed by atoms with Gasteiger partial charge in [-0.2, -0.15) is 0 Å². The van der Waals surface area contributed by atoms with Gasteiger partial charge in [-0.05, 0) is 72.2 Å². The van der Waals surface area contributed by atoms with Crippen molar-refractivity contribution in [1.82, 2.24) is 5.32 Å². The van der Waals surface area contributed by atoms with Crippen LogP contribution >= 0.6 is 0 Å². The van der Waals surface area contributed by atoms with E-state index < -0.39 is 0 Å². The Morgan fingerprint density at radius 2 is 1.85 bits per heavy atom. The van der Waals surface area contributed by atoms with Gasteiger partial charge in [0.15, 0.2) is 0 Å². The number of carbonyl (C=O) groups excluding carboxylic acids is 1. The molecule has 172 valence electrons. The highest BCUT2D eigenvalue weighted by atomic mass is 16.6. The van der Waals surface area contributed by atoms with E-state index in [2.05, 4.69) is 48.8 Å². The molecule has 1 aliphatic carbocycles. The van der Waals surface area contributed by atoms with Crippen molar-refractivity contribution in [1.29, 1.82) is 0 Å². The van der Waals surface area contributed by atoms with E-state index in [9.17, 15) is 14.9 Å². The molecule has 0 saturated carbocycles. The summed E-state index contributed by atoms with van der Waals surface area (Å²) in [6.07, 6.45) is 5.33. The Labute approximate surface area is 198 Å². The monoisotopic (exact) mass is 453 g/mol. The molecular formula is C28H27N3O3. The summed E-state index contributed by atoms with van der Waals surface area (Å²) in [6.45, 7) is 4.64. The molecule has 6 nitrogen and oxygen atoms in total. The third kappa shape index (κ3) is 4.07. The summed E-state index contributed by atoms with van der Waals surface area (Å²) in [4.78, 5) is 23.6. The van der Waals surface area contributed by atoms with E-state index >= 15 is 0 Å². The molecule has 3 atom stereocenters. The van der Waals surface area contributed by atoms with Crippen LogP contribution in [0.25, 0.3) is 0 Å². The van der Waals surface area contributed by atoms with Crippen molar-refractivity contribution in [2.24, 2.45) is 5.92 Å². The first-order valence-electron chi connectivity index (χ1n) is 11.6. The molecule has 3 aromatic rings. The molecule has 0 saturated heterocycles. The standard InChI is InChI=1S/C28H27N3O3/c1-17-6-7-19(14-18(17)2)16-29-28(32)21-10-13-26-25(15-21)23-4-3-5-24(23)27(30-26)20-8-11-22(12-9-20)31(33)34/h3-4,6-15,23-24,27,30H,5,16H2,1-2H3,(H,29,32)/t23-,24-,27+/m1/s1. The van der Waals surface area contributed by atoms with Crippen molar-refractivity contribution in [3.8, 4) is 0 Å². The maximum atomic E-state index is 12.9. The van der Waals surface area contributed by atoms with Gasteiger partial charge in [0.1, 0.15) is 0 Å². The summed E-state index contributed by atoms with van der Waals surface area (Å²) in [5.41, 5.74) is 7.44. The molecule has 0 fully saturated rings. The van der Waals surface area contributed by atoms with Crippen LogP contribution in [0.15, 0.2) is 72.8 Å². The van der Waals surface area contributed by atoms with Crippen LogP contribution in [0.5, 0.6) is 0 Å². The molecule has 3 aromatic carbocycles. The predicted molar refractivity (Wildman–Crippen MR) is 133 cm³/mol. The second-order valence-corrected chi connectivity index (χ2v) is 9.23. The van der Waals surface area contributed by atoms with Crippen LogP contribution in [-0.4, -0.2) is 10.8 Å². The molecule has 5 rings (SSSR count). The lowest BCUT2D eigenvalue weighted by atomic mass is 9.76. The van der Waals surface area contributed by atoms with Gasteiger partial charge < -0.3 is 10.6 Å². The minimum Gasteiger partial charge on any atom is -0.378 e. The van der Waals surface area contributed by atoms with Crippen molar-refractivity contribution in [3.05, 3.63) is 116 Å². The van der Waals surface area contributed by atoms with Crippen LogP contribution in [0.1, 0.15) is 56.6 Å². The van der Waals surface area contributed by atoms with Crippen LogP contribution in [-0.2, 0) is 6.54 Å². The van der Waals surface area contributed by atoms with Crippen molar-refractivity contribution in [2.45, 2.75) is 38.8 Å². The lowest BCUT2D eigenvalue weighted by molar-refractivity contribution is -0.384. The molecule has 1 amide bonds. The number of nitrogens with zero attached hydrogens (tertiary/aromatic N) is 1. The van der Waals surface area contributed by atoms with Gasteiger partial charge in [0.2, 0.25) is 0 Å². The van der Waals surface area contributed by atoms with E-state index in [0.717, 1.165) is 28.8 Å². The Morgan fingerprint density at radius 3 is 2.59 bits per heavy atom. The number of hydrogen-bond acceptors (Lipinski definition) is 4. The van der Waals surface area contributed by atoms with Gasteiger partial charge in [-0.15, -0.1) is 0 Å². The molecular weight excluding hydrogens is 426 g/mol. The summed E-state index contributed by atoms with van der Waals surface area (Å²) in [6, 6.07) is 18.9. The fraction of sp³-hybridized carbons (Fsp3) is 0.250. The van der Waals surface area contributed by atoms with Crippen LogP contribution in [0.4, 0.5) is 11.4 Å². The summed E-state index contributed by atoms with van der Waals surface area (Å²) in [7, 11) is 0. The van der Waals surface area contributed by atoms with Crippen LogP contribution in [0.3, 0.4) is 0 Å². The van der Waals surface area contributed by atoms with E-state index in [1.54, 1.807) is 12.1 Å². The Kier molecular flexibility index (Phi) is 5.65. The van der Waals surface area contributed by atoms with Crippen molar-refractivity contribution < 1.29 is 9.72 Å². The van der Waals surface area contributed by atoms with Gasteiger partial charge >= 0.3 is 0 Å². The number of nitrogens with one attached hydrogen (secondary N) is 2. The van der Waals surface area contributed by atoms with Crippen molar-refractivity contribution >= 4 is 17.3 Å². The third-order valence-corrected chi connectivity index (χ3v) is 7.11. The Balaban J connectivity index is 1.36. The van der Waals surface area contributed by atoms with Crippen LogP contribution in [0, 0.1) is 29.9 Å². The number of hydrogen-bond donors (Lipinski definition) is 2. The van der Waals surface area contributed by atoms with E-state index in [1.807, 2.05) is 36.4 Å². The van der Waals surface area contributed by atoms with Crippen molar-refractivity contribution in [2.75, 3.05) is 5.32 Å². The molecule has 2 aliphatic rings. The second-order valence-electron chi connectivity index (χ2n) is 9.23. The highest BCUT2D eigenvalue weighted by Crippen LogP contribution is 2.50. The fourth-order valence-corrected chi connectivity index (χ4v) is 5.07. The number of nitro benzene ring substituents is 1. The SMILES string of the molecule is Cc1ccc(CNC(=O)c2ccc3c(c2)[C@@H]2C=CC[C@H]2[C@H](c2ccc([N+](=O)[O-])cc2)N3)cc1C. The number of carbonyl (C=O) groups is 1. The third-order valence-electron chi connectivity index (χ3n) is 7.11. The molecule has 0 unspecified atom stereocenters. The van der Waals surface area contributed by atoms with Gasteiger partial charge in [0, 0.05) is 35.8 Å². The van der Waals surface area contributed by atoms with Crippen LogP contribution in [0.2, 0.25) is 0 Å². The Hall–Kier alpha value is -3.93. The van der Waals surface area contributed by atoms with Crippen LogP contribution < -0.4 is 10.6 Å². The first kappa shape index (κ1) is 21.9. The number of allylic oxidation sites excluding steroid dienone is 2. The molecule has 6 heteroatoms. The highest BCUT2D eigenvalue weighted by molar-refractivity contribution is 5.95. The number of fused-ring (bicyclic) bond motifs is 3. The quantitative estimate of drug-likeness (QED) is 0.283. The lowest BCUT2D eigenvalue weighted by Gasteiger charge is -2.37. The van der Waals surface area contributed by atoms with Gasteiger partial charge in [0.05, 0.1) is 11.0 Å². The number of aryl methyl sites for hydroxylation is 2. The number of nitro groups is 1. The molecule has 0 radical (unpaired) electrons. The molecule has 0 aromatic heterocycles. The zero-order valence-corrected chi connectivity index (χ0v) is 19.2. The molecule has 1 heterocycles. The number of benzene rings is 3. The Morgan fingerprint density at radius 1 is 1.06 bits per heavy atom. The summed E-state index contributed by atoms with van der Waals surface area (Å²) in [5, 5.41) is 17.7. The molecule has 0 spiro atoms. The maximum Gasteiger partial charge on any atom is 0.269 e. The summed E-state index contributed by atoms with van der Waals surface area (Å²) in [5.74, 6) is 0.406. The lowest BCUT2D eigenvalue weighted by Crippen LogP contribution is -2.30. The average Bonchev–Trinajstić information content (AvgIpc) is 3.34. The number of anilines is 1. The van der Waals surface area contributed by atoms with Gasteiger partial charge in [-0.25, -0.2) is 0 Å². The number of non-ortho nitro benzene ring substituents is 1. The zero-order chi connectivity index (χ0) is 23.8. The minimum absolute atomic E-state index is 0.0535. The average molecular weight is 454 g/mol. The smallest absolute Gasteiger partial charge is 0.269 e. The maximum absolute atomic E-state index is 12.9. The van der Waals surface area contributed by atoms with Crippen molar-refractivity contribution in [3.63, 3.8) is 0 Å². The number of amides is 1. The van der Waals surface area contributed by atoms with Gasteiger partial charge in [-0.3, -0.25) is 14.9 Å². The largest absolute Gasteiger partial charge is 0.378 e. The Bertz CT molecular complexity index is 1300. The van der Waals surface area contributed by atoms with Gasteiger partial charge in [0.25, 0.3) is 11.6 Å². The van der Waals surface area contributed by atoms with E-state index in [0.29, 0.717) is 18.0 Å². The predicted octanol–water partition coefficient (Wildman–Crippen LogP) is 5.97. The second kappa shape index (κ2) is 8.78. The minimum atomic E-state index is -0.375. The molecule has 1 aliphatic heterocycles. The van der Waals surface area contributed by atoms with Gasteiger partial charge in [-0.1, -0.05) is 42.5 Å². The summed E-state index contributed by atoms with van der Waals surface area (Å²) < 4.78 is 0. The molecule has 34 heavy (non-hydrogen) atoms. The normalized spacial score (nSPS) is 20.2. The molecule has 2 N–H and O–H groups in total. The first-order chi connectivity index (χ1) is 16.4. The van der Waals surface area contributed by atoms with E-state index in [-0.39, 0.29) is 28.5 Å². The first-order valence-corrected chi connectivity index (χ1v) is 11.6.